The highest BCUT2D eigenvalue weighted by Gasteiger charge is 2.09. The van der Waals surface area contributed by atoms with Crippen LogP contribution in [0.4, 0.5) is 0 Å². The number of aromatic nitrogens is 1. The Hall–Kier alpha value is -1.68. The van der Waals surface area contributed by atoms with Gasteiger partial charge >= 0.3 is 0 Å². The summed E-state index contributed by atoms with van der Waals surface area (Å²) in [7, 11) is 0. The zero-order valence-electron chi connectivity index (χ0n) is 10.3. The van der Waals surface area contributed by atoms with E-state index in [1.54, 1.807) is 12.3 Å². The van der Waals surface area contributed by atoms with Crippen LogP contribution in [0.2, 0.25) is 0 Å². The van der Waals surface area contributed by atoms with Crippen LogP contribution in [0.25, 0.3) is 0 Å². The largest absolute Gasteiger partial charge is 0.494 e. The molecule has 1 aromatic carbocycles. The van der Waals surface area contributed by atoms with Gasteiger partial charge in [0.2, 0.25) is 0 Å². The van der Waals surface area contributed by atoms with Crippen LogP contribution in [0.5, 0.6) is 5.75 Å². The van der Waals surface area contributed by atoms with E-state index in [2.05, 4.69) is 11.9 Å². The standard InChI is InChI=1S/C14H15NO2S/c1-2-7-17-12-5-3-4-11(9-12)13(16)10-14-15-6-8-18-14/h3-6,8-9H,2,7,10H2,1H3. The van der Waals surface area contributed by atoms with Crippen molar-refractivity contribution in [3.8, 4) is 5.75 Å². The molecule has 0 atom stereocenters. The molecule has 1 aromatic heterocycles. The Morgan fingerprint density at radius 1 is 1.44 bits per heavy atom. The minimum Gasteiger partial charge on any atom is -0.494 e. The van der Waals surface area contributed by atoms with Gasteiger partial charge in [-0.25, -0.2) is 4.98 Å². The van der Waals surface area contributed by atoms with E-state index in [1.165, 1.54) is 11.3 Å². The summed E-state index contributed by atoms with van der Waals surface area (Å²) in [6, 6.07) is 7.33. The Balaban J connectivity index is 2.05. The molecule has 1 heterocycles. The van der Waals surface area contributed by atoms with E-state index in [1.807, 2.05) is 23.6 Å². The zero-order valence-corrected chi connectivity index (χ0v) is 11.1. The van der Waals surface area contributed by atoms with Gasteiger partial charge in [0.1, 0.15) is 10.8 Å². The van der Waals surface area contributed by atoms with Crippen molar-refractivity contribution in [2.24, 2.45) is 0 Å². The van der Waals surface area contributed by atoms with E-state index in [4.69, 9.17) is 4.74 Å². The van der Waals surface area contributed by atoms with E-state index in [0.29, 0.717) is 18.6 Å². The van der Waals surface area contributed by atoms with Crippen LogP contribution >= 0.6 is 11.3 Å². The van der Waals surface area contributed by atoms with Gasteiger partial charge in [0, 0.05) is 17.1 Å². The van der Waals surface area contributed by atoms with Crippen molar-refractivity contribution in [2.45, 2.75) is 19.8 Å². The lowest BCUT2D eigenvalue weighted by Crippen LogP contribution is -2.04. The smallest absolute Gasteiger partial charge is 0.169 e. The van der Waals surface area contributed by atoms with E-state index >= 15 is 0 Å². The van der Waals surface area contributed by atoms with E-state index in [-0.39, 0.29) is 5.78 Å². The topological polar surface area (TPSA) is 39.2 Å². The Labute approximate surface area is 110 Å². The number of carbonyl (C=O) groups excluding carboxylic acids is 1. The zero-order chi connectivity index (χ0) is 12.8. The van der Waals surface area contributed by atoms with Gasteiger partial charge in [-0.2, -0.15) is 0 Å². The van der Waals surface area contributed by atoms with Gasteiger partial charge < -0.3 is 4.74 Å². The monoisotopic (exact) mass is 261 g/mol. The first-order valence-electron chi connectivity index (χ1n) is 5.94. The third kappa shape index (κ3) is 3.40. The summed E-state index contributed by atoms with van der Waals surface area (Å²) in [5.74, 6) is 0.828. The Kier molecular flexibility index (Phi) is 4.47. The van der Waals surface area contributed by atoms with Crippen LogP contribution < -0.4 is 4.74 Å². The number of carbonyl (C=O) groups is 1. The molecule has 0 saturated carbocycles. The number of rotatable bonds is 6. The highest BCUT2D eigenvalue weighted by molar-refractivity contribution is 7.09. The summed E-state index contributed by atoms with van der Waals surface area (Å²) in [6.45, 7) is 2.72. The summed E-state index contributed by atoms with van der Waals surface area (Å²) in [5.41, 5.74) is 0.679. The first-order valence-corrected chi connectivity index (χ1v) is 6.82. The van der Waals surface area contributed by atoms with Gasteiger partial charge in [-0.3, -0.25) is 4.79 Å². The van der Waals surface area contributed by atoms with Crippen molar-refractivity contribution in [1.29, 1.82) is 0 Å². The molecule has 94 valence electrons. The summed E-state index contributed by atoms with van der Waals surface area (Å²) in [6.07, 6.45) is 3.03. The van der Waals surface area contributed by atoms with E-state index in [0.717, 1.165) is 17.2 Å². The molecule has 2 aromatic rings. The van der Waals surface area contributed by atoms with Crippen molar-refractivity contribution in [3.05, 3.63) is 46.4 Å². The fraction of sp³-hybridized carbons (Fsp3) is 0.286. The quantitative estimate of drug-likeness (QED) is 0.748. The second-order valence-corrected chi connectivity index (χ2v) is 4.88. The van der Waals surface area contributed by atoms with Gasteiger partial charge in [-0.1, -0.05) is 19.1 Å². The highest BCUT2D eigenvalue weighted by Crippen LogP contribution is 2.16. The number of hydrogen-bond acceptors (Lipinski definition) is 4. The number of ether oxygens (including phenoxy) is 1. The van der Waals surface area contributed by atoms with Gasteiger partial charge in [0.05, 0.1) is 13.0 Å². The fourth-order valence-corrected chi connectivity index (χ4v) is 2.17. The molecule has 3 nitrogen and oxygen atoms in total. The molecule has 2 rings (SSSR count). The van der Waals surface area contributed by atoms with Gasteiger partial charge in [0.25, 0.3) is 0 Å². The first-order chi connectivity index (χ1) is 8.79. The second kappa shape index (κ2) is 6.31. The number of benzene rings is 1. The lowest BCUT2D eigenvalue weighted by Gasteiger charge is -2.06. The molecular weight excluding hydrogens is 246 g/mol. The van der Waals surface area contributed by atoms with Crippen LogP contribution in [0.1, 0.15) is 28.7 Å². The predicted molar refractivity (Wildman–Crippen MR) is 72.4 cm³/mol. The Bertz CT molecular complexity index is 508. The van der Waals surface area contributed by atoms with E-state index in [9.17, 15) is 4.79 Å². The average Bonchev–Trinajstić information content (AvgIpc) is 2.89. The van der Waals surface area contributed by atoms with Crippen LogP contribution in [0.3, 0.4) is 0 Å². The lowest BCUT2D eigenvalue weighted by atomic mass is 10.1. The number of thiazole rings is 1. The molecule has 0 bridgehead atoms. The molecule has 0 saturated heterocycles. The fourth-order valence-electron chi connectivity index (χ4n) is 1.56. The second-order valence-electron chi connectivity index (χ2n) is 3.90. The maximum atomic E-state index is 12.0. The highest BCUT2D eigenvalue weighted by atomic mass is 32.1. The minimum atomic E-state index is 0.0758. The average molecular weight is 261 g/mol. The predicted octanol–water partition coefficient (Wildman–Crippen LogP) is 3.36. The van der Waals surface area contributed by atoms with Crippen molar-refractivity contribution in [1.82, 2.24) is 4.98 Å². The molecule has 0 fully saturated rings. The van der Waals surface area contributed by atoms with Crippen molar-refractivity contribution >= 4 is 17.1 Å². The molecule has 0 unspecified atom stereocenters. The summed E-state index contributed by atoms with van der Waals surface area (Å²) >= 11 is 1.50. The summed E-state index contributed by atoms with van der Waals surface area (Å²) in [4.78, 5) is 16.2. The number of nitrogens with zero attached hydrogens (tertiary/aromatic N) is 1. The van der Waals surface area contributed by atoms with Gasteiger partial charge in [-0.15, -0.1) is 11.3 Å². The van der Waals surface area contributed by atoms with Crippen molar-refractivity contribution < 1.29 is 9.53 Å². The molecule has 0 aliphatic rings. The number of ketones is 1. The Morgan fingerprint density at radius 3 is 3.06 bits per heavy atom. The van der Waals surface area contributed by atoms with Gasteiger partial charge in [0.15, 0.2) is 5.78 Å². The number of Topliss-reactive ketones (excluding diaryl/α,β-unsaturated/α-hetero) is 1. The van der Waals surface area contributed by atoms with Gasteiger partial charge in [-0.05, 0) is 18.6 Å². The minimum absolute atomic E-state index is 0.0758. The third-order valence-corrected chi connectivity index (χ3v) is 3.20. The van der Waals surface area contributed by atoms with Crippen LogP contribution in [0, 0.1) is 0 Å². The molecule has 0 spiro atoms. The van der Waals surface area contributed by atoms with Crippen LogP contribution in [-0.4, -0.2) is 17.4 Å². The van der Waals surface area contributed by atoms with Crippen LogP contribution in [-0.2, 0) is 6.42 Å². The van der Waals surface area contributed by atoms with E-state index < -0.39 is 0 Å². The molecule has 0 radical (unpaired) electrons. The molecule has 0 N–H and O–H groups in total. The van der Waals surface area contributed by atoms with Crippen LogP contribution in [0.15, 0.2) is 35.8 Å². The number of hydrogen-bond donors (Lipinski definition) is 0. The maximum absolute atomic E-state index is 12.0. The molecule has 18 heavy (non-hydrogen) atoms. The first kappa shape index (κ1) is 12.8. The molecular formula is C14H15NO2S. The summed E-state index contributed by atoms with van der Waals surface area (Å²) < 4.78 is 5.52. The molecule has 0 amide bonds. The molecule has 0 aliphatic heterocycles. The molecule has 4 heteroatoms. The van der Waals surface area contributed by atoms with Crippen molar-refractivity contribution in [3.63, 3.8) is 0 Å². The normalized spacial score (nSPS) is 10.3. The Morgan fingerprint density at radius 2 is 2.33 bits per heavy atom. The third-order valence-electron chi connectivity index (χ3n) is 2.42. The lowest BCUT2D eigenvalue weighted by molar-refractivity contribution is 0.0992. The molecule has 0 aliphatic carbocycles. The SMILES string of the molecule is CCCOc1cccc(C(=O)Cc2nccs2)c1. The maximum Gasteiger partial charge on any atom is 0.169 e. The summed E-state index contributed by atoms with van der Waals surface area (Å²) in [5, 5.41) is 2.73. The van der Waals surface area contributed by atoms with Crippen molar-refractivity contribution in [2.75, 3.05) is 6.61 Å².